The zero-order valence-corrected chi connectivity index (χ0v) is 21.6. The second-order valence-electron chi connectivity index (χ2n) is 8.18. The van der Waals surface area contributed by atoms with E-state index in [0.717, 1.165) is 37.2 Å². The first kappa shape index (κ1) is 25.4. The molecule has 0 bridgehead atoms. The van der Waals surface area contributed by atoms with Crippen molar-refractivity contribution in [1.29, 1.82) is 10.5 Å². The lowest BCUT2D eigenvalue weighted by Gasteiger charge is -2.32. The predicted molar refractivity (Wildman–Crippen MR) is 134 cm³/mol. The van der Waals surface area contributed by atoms with E-state index in [1.54, 1.807) is 50.9 Å². The maximum atomic E-state index is 10.7. The van der Waals surface area contributed by atoms with E-state index in [1.807, 2.05) is 6.07 Å². The van der Waals surface area contributed by atoms with Gasteiger partial charge in [0.1, 0.15) is 16.7 Å². The first-order chi connectivity index (χ1) is 15.9. The van der Waals surface area contributed by atoms with E-state index in [2.05, 4.69) is 26.0 Å². The van der Waals surface area contributed by atoms with Crippen molar-refractivity contribution in [2.24, 2.45) is 21.6 Å². The van der Waals surface area contributed by atoms with E-state index in [0.29, 0.717) is 22.8 Å². The molecule has 1 fully saturated rings. The number of methoxy groups -OCH3 is 3. The Bertz CT molecular complexity index is 993. The second kappa shape index (κ2) is 9.95. The molecule has 9 heteroatoms. The summed E-state index contributed by atoms with van der Waals surface area (Å²) in [6.07, 6.45) is 4.08. The number of aliphatic imine (C=N–C) groups is 1. The fourth-order valence-electron chi connectivity index (χ4n) is 4.89. The fraction of sp³-hybridized carbons (Fsp3) is 0.625. The number of fused-ring (bicyclic) bond motifs is 1. The molecule has 0 saturated heterocycles. The van der Waals surface area contributed by atoms with Crippen molar-refractivity contribution in [3.05, 3.63) is 17.7 Å². The Hall–Kier alpha value is -2.23. The minimum Gasteiger partial charge on any atom is -0.493 e. The molecule has 7 nitrogen and oxygen atoms in total. The Morgan fingerprint density at radius 3 is 2.03 bits per heavy atom. The molecule has 0 radical (unpaired) electrons. The van der Waals surface area contributed by atoms with Gasteiger partial charge in [-0.1, -0.05) is 32.8 Å². The van der Waals surface area contributed by atoms with Crippen LogP contribution >= 0.6 is 23.5 Å². The van der Waals surface area contributed by atoms with Crippen LogP contribution in [0.1, 0.15) is 51.0 Å². The zero-order chi connectivity index (χ0) is 24.3. The summed E-state index contributed by atoms with van der Waals surface area (Å²) in [6.45, 7) is 4.27. The summed E-state index contributed by atoms with van der Waals surface area (Å²) in [6, 6.07) is 8.62. The smallest absolute Gasteiger partial charge is 0.203 e. The van der Waals surface area contributed by atoms with Gasteiger partial charge in [0.2, 0.25) is 5.75 Å². The third kappa shape index (κ3) is 3.43. The average Bonchev–Trinajstić information content (AvgIpc) is 3.41. The number of nitrogens with zero attached hydrogens (tertiary/aromatic N) is 3. The molecule has 0 spiro atoms. The van der Waals surface area contributed by atoms with E-state index >= 15 is 0 Å². The van der Waals surface area contributed by atoms with E-state index in [-0.39, 0.29) is 5.84 Å². The molecule has 0 amide bonds. The van der Waals surface area contributed by atoms with Crippen molar-refractivity contribution in [2.75, 3.05) is 32.8 Å². The van der Waals surface area contributed by atoms with Gasteiger partial charge in [0.25, 0.3) is 0 Å². The monoisotopic (exact) mass is 488 g/mol. The van der Waals surface area contributed by atoms with Gasteiger partial charge in [-0.3, -0.25) is 0 Å². The van der Waals surface area contributed by atoms with Gasteiger partial charge in [-0.15, -0.1) is 23.5 Å². The number of unbranched alkanes of at least 4 members (excludes halogenated alkanes) is 2. The van der Waals surface area contributed by atoms with Gasteiger partial charge in [0.05, 0.1) is 33.5 Å². The largest absolute Gasteiger partial charge is 0.493 e. The van der Waals surface area contributed by atoms with Crippen molar-refractivity contribution in [3.8, 4) is 29.4 Å². The number of thioether (sulfide) groups is 2. The average molecular weight is 489 g/mol. The summed E-state index contributed by atoms with van der Waals surface area (Å²) < 4.78 is 15.9. The number of ether oxygens (including phenoxy) is 3. The van der Waals surface area contributed by atoms with Gasteiger partial charge >= 0.3 is 0 Å². The fourth-order valence-corrected chi connectivity index (χ4v) is 8.57. The van der Waals surface area contributed by atoms with Crippen LogP contribution in [0.2, 0.25) is 0 Å². The van der Waals surface area contributed by atoms with Crippen LogP contribution in [0.4, 0.5) is 0 Å². The molecule has 1 heterocycles. The quantitative estimate of drug-likeness (QED) is 0.326. The predicted octanol–water partition coefficient (Wildman–Crippen LogP) is 4.92. The van der Waals surface area contributed by atoms with Gasteiger partial charge in [0, 0.05) is 11.5 Å². The lowest BCUT2D eigenvalue weighted by Crippen LogP contribution is -2.32. The molecule has 3 unspecified atom stereocenters. The number of amidine groups is 1. The number of hydrogen-bond donors (Lipinski definition) is 1. The molecule has 33 heavy (non-hydrogen) atoms. The number of rotatable bonds is 12. The van der Waals surface area contributed by atoms with Crippen LogP contribution in [-0.2, 0) is 0 Å². The Morgan fingerprint density at radius 2 is 1.58 bits per heavy atom. The summed E-state index contributed by atoms with van der Waals surface area (Å²) >= 11 is 3.30. The highest BCUT2D eigenvalue weighted by molar-refractivity contribution is 8.18. The molecule has 2 N–H and O–H groups in total. The topological polar surface area (TPSA) is 114 Å². The molecule has 0 aromatic heterocycles. The summed E-state index contributed by atoms with van der Waals surface area (Å²) in [5, 5.41) is 21.2. The van der Waals surface area contributed by atoms with E-state index < -0.39 is 21.0 Å². The van der Waals surface area contributed by atoms with Crippen LogP contribution in [0.15, 0.2) is 17.1 Å². The summed E-state index contributed by atoms with van der Waals surface area (Å²) in [7, 11) is 4.65. The van der Waals surface area contributed by atoms with Crippen LogP contribution in [0.5, 0.6) is 17.2 Å². The van der Waals surface area contributed by atoms with E-state index in [1.165, 1.54) is 0 Å². The molecule has 1 aromatic carbocycles. The van der Waals surface area contributed by atoms with Crippen molar-refractivity contribution >= 4 is 29.4 Å². The molecule has 3 rings (SSSR count). The number of benzene rings is 1. The van der Waals surface area contributed by atoms with Crippen molar-refractivity contribution in [1.82, 2.24) is 0 Å². The lowest BCUT2D eigenvalue weighted by molar-refractivity contribution is 0.321. The highest BCUT2D eigenvalue weighted by Gasteiger charge is 2.92. The molecule has 1 saturated carbocycles. The summed E-state index contributed by atoms with van der Waals surface area (Å²) in [5.74, 6) is 2.84. The van der Waals surface area contributed by atoms with Gasteiger partial charge in [0.15, 0.2) is 15.7 Å². The van der Waals surface area contributed by atoms with Crippen LogP contribution in [0, 0.1) is 33.5 Å². The first-order valence-corrected chi connectivity index (χ1v) is 13.2. The van der Waals surface area contributed by atoms with Crippen LogP contribution in [0.3, 0.4) is 0 Å². The van der Waals surface area contributed by atoms with Crippen molar-refractivity contribution < 1.29 is 14.2 Å². The Balaban J connectivity index is 2.21. The van der Waals surface area contributed by atoms with Crippen molar-refractivity contribution in [2.45, 2.75) is 49.7 Å². The second-order valence-corrected chi connectivity index (χ2v) is 11.0. The lowest BCUT2D eigenvalue weighted by atomic mass is 9.97. The minimum atomic E-state index is -1.22. The number of nitriles is 2. The maximum absolute atomic E-state index is 10.7. The highest BCUT2D eigenvalue weighted by atomic mass is 32.2. The number of nitrogens with two attached hydrogens (primary N) is 1. The molecule has 1 aliphatic heterocycles. The van der Waals surface area contributed by atoms with Crippen molar-refractivity contribution in [3.63, 3.8) is 0 Å². The molecular formula is C24H32N4O3S2. The molecular weight excluding hydrogens is 456 g/mol. The molecule has 2 aliphatic rings. The van der Waals surface area contributed by atoms with Gasteiger partial charge in [-0.2, -0.15) is 10.5 Å². The Labute approximate surface area is 205 Å². The number of hydrogen-bond acceptors (Lipinski definition) is 9. The normalized spacial score (nSPS) is 26.5. The summed E-state index contributed by atoms with van der Waals surface area (Å²) in [4.78, 5) is 4.87. The van der Waals surface area contributed by atoms with Gasteiger partial charge < -0.3 is 19.9 Å². The van der Waals surface area contributed by atoms with Crippen LogP contribution < -0.4 is 19.9 Å². The molecule has 1 aliphatic carbocycles. The van der Waals surface area contributed by atoms with Crippen LogP contribution in [-0.4, -0.2) is 42.9 Å². The summed E-state index contributed by atoms with van der Waals surface area (Å²) in [5.41, 5.74) is 4.90. The maximum Gasteiger partial charge on any atom is 0.203 e. The minimum absolute atomic E-state index is 0.237. The standard InChI is InChI=1S/C24H32N4O3S2/c1-6-8-12-32-24(33-13-9-7-2)23(15-26)20(22(23,14-25)21(27)28-24)16-10-11-17(29-3)19(31-5)18(16)30-4/h10-11,20H,6-9,12-13H2,1-5H3,(H2,27,28). The Kier molecular flexibility index (Phi) is 7.65. The highest BCUT2D eigenvalue weighted by Crippen LogP contribution is 2.86. The van der Waals surface area contributed by atoms with Gasteiger partial charge in [-0.05, 0) is 30.4 Å². The Morgan fingerprint density at radius 1 is 0.970 bits per heavy atom. The SMILES string of the molecule is CCCCSC1(SCCCC)N=C(N)C2(C#N)C(c3ccc(OC)c(OC)c3OC)C12C#N. The third-order valence-electron chi connectivity index (χ3n) is 6.56. The third-order valence-corrected chi connectivity index (χ3v) is 9.87. The van der Waals surface area contributed by atoms with Gasteiger partial charge in [-0.25, -0.2) is 4.99 Å². The van der Waals surface area contributed by atoms with E-state index in [4.69, 9.17) is 24.9 Å². The molecule has 1 aromatic rings. The van der Waals surface area contributed by atoms with Crippen LogP contribution in [0.25, 0.3) is 0 Å². The first-order valence-electron chi connectivity index (χ1n) is 11.2. The van der Waals surface area contributed by atoms with E-state index in [9.17, 15) is 10.5 Å². The molecule has 178 valence electrons. The zero-order valence-electron chi connectivity index (χ0n) is 19.9. The molecule has 3 atom stereocenters.